The largest absolute Gasteiger partial charge is 0.352 e. The van der Waals surface area contributed by atoms with E-state index in [9.17, 15) is 0 Å². The molecule has 4 rings (SSSR count). The quantitative estimate of drug-likeness (QED) is 0.562. The van der Waals surface area contributed by atoms with Gasteiger partial charge in [-0.15, -0.1) is 0 Å². The summed E-state index contributed by atoms with van der Waals surface area (Å²) in [6, 6.07) is 10.0. The van der Waals surface area contributed by atoms with Crippen LogP contribution in [0.2, 0.25) is 0 Å². The first-order valence-electron chi connectivity index (χ1n) is 8.23. The average Bonchev–Trinajstić information content (AvgIpc) is 3.26. The Morgan fingerprint density at radius 3 is 2.60 bits per heavy atom. The van der Waals surface area contributed by atoms with Gasteiger partial charge < -0.3 is 4.90 Å². The lowest BCUT2D eigenvalue weighted by Gasteiger charge is -2.21. The molecule has 3 aromatic heterocycles. The van der Waals surface area contributed by atoms with E-state index >= 15 is 0 Å². The molecule has 0 fully saturated rings. The number of aromatic nitrogens is 6. The summed E-state index contributed by atoms with van der Waals surface area (Å²) < 4.78 is 3.66. The molecule has 1 aromatic carbocycles. The number of hydrogen-bond donors (Lipinski definition) is 0. The number of aryl methyl sites for hydroxylation is 1. The van der Waals surface area contributed by atoms with E-state index in [-0.39, 0.29) is 0 Å². The van der Waals surface area contributed by atoms with Crippen LogP contribution in [-0.2, 0) is 13.6 Å². The highest BCUT2D eigenvalue weighted by molar-refractivity contribution is 5.87. The van der Waals surface area contributed by atoms with Gasteiger partial charge in [-0.25, -0.2) is 14.6 Å². The van der Waals surface area contributed by atoms with E-state index in [1.54, 1.807) is 6.33 Å². The standard InChI is InChI=1S/C18H19N7/c1-3-24(12-14-9-21-23(2)11-14)17-16-10-22-25(18(16)20-13-19-17)15-7-5-4-6-8-15/h4-11,13H,3,12H2,1-2H3. The summed E-state index contributed by atoms with van der Waals surface area (Å²) in [5, 5.41) is 9.71. The molecule has 0 saturated carbocycles. The molecule has 0 unspecified atom stereocenters. The number of rotatable bonds is 5. The summed E-state index contributed by atoms with van der Waals surface area (Å²) in [5.41, 5.74) is 2.94. The maximum atomic E-state index is 4.53. The van der Waals surface area contributed by atoms with Crippen molar-refractivity contribution in [2.45, 2.75) is 13.5 Å². The second kappa shape index (κ2) is 6.35. The fourth-order valence-electron chi connectivity index (χ4n) is 2.95. The number of hydrogen-bond acceptors (Lipinski definition) is 5. The number of para-hydroxylation sites is 1. The zero-order valence-electron chi connectivity index (χ0n) is 14.2. The molecule has 4 aromatic rings. The van der Waals surface area contributed by atoms with Crippen molar-refractivity contribution in [3.8, 4) is 5.69 Å². The summed E-state index contributed by atoms with van der Waals surface area (Å²) in [6.45, 7) is 3.69. The molecule has 7 nitrogen and oxygen atoms in total. The Labute approximate surface area is 145 Å². The molecule has 0 spiro atoms. The second-order valence-electron chi connectivity index (χ2n) is 5.86. The minimum Gasteiger partial charge on any atom is -0.352 e. The van der Waals surface area contributed by atoms with E-state index in [1.807, 2.05) is 65.3 Å². The van der Waals surface area contributed by atoms with Crippen LogP contribution in [0.1, 0.15) is 12.5 Å². The molecule has 25 heavy (non-hydrogen) atoms. The molecule has 126 valence electrons. The molecule has 0 saturated heterocycles. The van der Waals surface area contributed by atoms with Crippen molar-refractivity contribution in [2.24, 2.45) is 7.05 Å². The van der Waals surface area contributed by atoms with Crippen LogP contribution in [0.5, 0.6) is 0 Å². The maximum Gasteiger partial charge on any atom is 0.168 e. The minimum atomic E-state index is 0.743. The predicted octanol–water partition coefficient (Wildman–Crippen LogP) is 2.58. The van der Waals surface area contributed by atoms with Crippen molar-refractivity contribution in [1.82, 2.24) is 29.5 Å². The van der Waals surface area contributed by atoms with Crippen molar-refractivity contribution in [2.75, 3.05) is 11.4 Å². The molecule has 0 amide bonds. The molecule has 0 N–H and O–H groups in total. The van der Waals surface area contributed by atoms with Crippen molar-refractivity contribution in [1.29, 1.82) is 0 Å². The molecular weight excluding hydrogens is 314 g/mol. The fourth-order valence-corrected chi connectivity index (χ4v) is 2.95. The third kappa shape index (κ3) is 2.84. The van der Waals surface area contributed by atoms with E-state index in [2.05, 4.69) is 32.0 Å². The van der Waals surface area contributed by atoms with Crippen molar-refractivity contribution in [3.63, 3.8) is 0 Å². The van der Waals surface area contributed by atoms with Gasteiger partial charge in [0.15, 0.2) is 5.65 Å². The Kier molecular flexibility index (Phi) is 3.89. The van der Waals surface area contributed by atoms with Gasteiger partial charge in [0.2, 0.25) is 0 Å². The van der Waals surface area contributed by atoms with Crippen molar-refractivity contribution in [3.05, 3.63) is 60.8 Å². The van der Waals surface area contributed by atoms with Crippen LogP contribution >= 0.6 is 0 Å². The second-order valence-corrected chi connectivity index (χ2v) is 5.86. The van der Waals surface area contributed by atoms with E-state index in [0.29, 0.717) is 0 Å². The highest BCUT2D eigenvalue weighted by atomic mass is 15.3. The molecule has 0 aliphatic carbocycles. The van der Waals surface area contributed by atoms with Gasteiger partial charge in [-0.05, 0) is 19.1 Å². The first kappa shape index (κ1) is 15.3. The lowest BCUT2D eigenvalue weighted by atomic mass is 10.3. The molecule has 3 heterocycles. The smallest absolute Gasteiger partial charge is 0.168 e. The Balaban J connectivity index is 1.75. The molecule has 7 heteroatoms. The molecule has 0 radical (unpaired) electrons. The molecule has 0 bridgehead atoms. The first-order valence-corrected chi connectivity index (χ1v) is 8.23. The zero-order chi connectivity index (χ0) is 17.2. The van der Waals surface area contributed by atoms with Crippen LogP contribution in [0.25, 0.3) is 16.7 Å². The minimum absolute atomic E-state index is 0.743. The molecule has 0 aliphatic heterocycles. The Morgan fingerprint density at radius 1 is 1.04 bits per heavy atom. The normalized spacial score (nSPS) is 11.1. The summed E-state index contributed by atoms with van der Waals surface area (Å²) in [7, 11) is 1.92. The highest BCUT2D eigenvalue weighted by Crippen LogP contribution is 2.25. The van der Waals surface area contributed by atoms with E-state index in [0.717, 1.165) is 41.2 Å². The van der Waals surface area contributed by atoms with Crippen LogP contribution in [0, 0.1) is 0 Å². The summed E-state index contributed by atoms with van der Waals surface area (Å²) in [5.74, 6) is 0.888. The molecule has 0 atom stereocenters. The molecule has 0 aliphatic rings. The maximum absolute atomic E-state index is 4.53. The Morgan fingerprint density at radius 2 is 1.88 bits per heavy atom. The first-order chi connectivity index (χ1) is 12.3. The predicted molar refractivity (Wildman–Crippen MR) is 96.6 cm³/mol. The number of anilines is 1. The number of nitrogens with zero attached hydrogens (tertiary/aromatic N) is 7. The van der Waals surface area contributed by atoms with Crippen LogP contribution < -0.4 is 4.90 Å². The van der Waals surface area contributed by atoms with Gasteiger partial charge in [0.25, 0.3) is 0 Å². The van der Waals surface area contributed by atoms with Gasteiger partial charge in [-0.1, -0.05) is 18.2 Å². The summed E-state index contributed by atoms with van der Waals surface area (Å²) in [6.07, 6.45) is 7.34. The SMILES string of the molecule is CCN(Cc1cnn(C)c1)c1ncnc2c1cnn2-c1ccccc1. The third-order valence-corrected chi connectivity index (χ3v) is 4.16. The van der Waals surface area contributed by atoms with Gasteiger partial charge in [0.05, 0.1) is 23.5 Å². The fraction of sp³-hybridized carbons (Fsp3) is 0.222. The van der Waals surface area contributed by atoms with Crippen LogP contribution in [-0.4, -0.2) is 36.1 Å². The summed E-state index contributed by atoms with van der Waals surface area (Å²) >= 11 is 0. The van der Waals surface area contributed by atoms with E-state index < -0.39 is 0 Å². The van der Waals surface area contributed by atoms with E-state index in [4.69, 9.17) is 0 Å². The van der Waals surface area contributed by atoms with Gasteiger partial charge in [0, 0.05) is 31.9 Å². The van der Waals surface area contributed by atoms with Crippen LogP contribution in [0.3, 0.4) is 0 Å². The Hall–Kier alpha value is -3.22. The monoisotopic (exact) mass is 333 g/mol. The van der Waals surface area contributed by atoms with Crippen LogP contribution in [0.4, 0.5) is 5.82 Å². The summed E-state index contributed by atoms with van der Waals surface area (Å²) in [4.78, 5) is 11.2. The van der Waals surface area contributed by atoms with Crippen molar-refractivity contribution < 1.29 is 0 Å². The molecular formula is C18H19N7. The number of fused-ring (bicyclic) bond motifs is 1. The van der Waals surface area contributed by atoms with Crippen LogP contribution in [0.15, 0.2) is 55.2 Å². The lowest BCUT2D eigenvalue weighted by molar-refractivity contribution is 0.764. The third-order valence-electron chi connectivity index (χ3n) is 4.16. The van der Waals surface area contributed by atoms with E-state index in [1.165, 1.54) is 0 Å². The number of benzene rings is 1. The van der Waals surface area contributed by atoms with Gasteiger partial charge in [-0.2, -0.15) is 10.2 Å². The highest BCUT2D eigenvalue weighted by Gasteiger charge is 2.16. The van der Waals surface area contributed by atoms with Gasteiger partial charge >= 0.3 is 0 Å². The van der Waals surface area contributed by atoms with Gasteiger partial charge in [0.1, 0.15) is 12.1 Å². The van der Waals surface area contributed by atoms with Crippen molar-refractivity contribution >= 4 is 16.9 Å². The lowest BCUT2D eigenvalue weighted by Crippen LogP contribution is -2.23. The topological polar surface area (TPSA) is 64.7 Å². The Bertz CT molecular complexity index is 987. The zero-order valence-corrected chi connectivity index (χ0v) is 14.2. The average molecular weight is 333 g/mol. The van der Waals surface area contributed by atoms with Gasteiger partial charge in [-0.3, -0.25) is 4.68 Å².